The van der Waals surface area contributed by atoms with Crippen LogP contribution in [0, 0.1) is 6.92 Å². The van der Waals surface area contributed by atoms with Crippen molar-refractivity contribution in [2.75, 3.05) is 11.1 Å². The van der Waals surface area contributed by atoms with Gasteiger partial charge in [-0.3, -0.25) is 10.1 Å². The predicted octanol–water partition coefficient (Wildman–Crippen LogP) is 2.29. The molecule has 0 aromatic carbocycles. The number of amides is 1. The Labute approximate surface area is 116 Å². The largest absolute Gasteiger partial charge is 0.397 e. The van der Waals surface area contributed by atoms with E-state index in [-0.39, 0.29) is 5.91 Å². The maximum atomic E-state index is 12.1. The number of nitrogens with two attached hydrogens (primary N) is 1. The number of nitrogen functional groups attached to an aromatic ring is 1. The van der Waals surface area contributed by atoms with E-state index in [1.165, 1.54) is 22.7 Å². The number of carbonyl (C=O) groups excluding carboxylic acids is 1. The first-order valence-electron chi connectivity index (χ1n) is 5.39. The summed E-state index contributed by atoms with van der Waals surface area (Å²) in [6, 6.07) is 3.64. The van der Waals surface area contributed by atoms with Gasteiger partial charge in [-0.25, -0.2) is 4.98 Å². The summed E-state index contributed by atoms with van der Waals surface area (Å²) >= 11 is 2.58. The Bertz CT molecular complexity index is 763. The number of aryl methyl sites for hydroxylation is 1. The van der Waals surface area contributed by atoms with Crippen molar-refractivity contribution in [3.63, 3.8) is 0 Å². The summed E-state index contributed by atoms with van der Waals surface area (Å²) in [6.45, 7) is 1.82. The fourth-order valence-electron chi connectivity index (χ4n) is 1.62. The van der Waals surface area contributed by atoms with Crippen molar-refractivity contribution >= 4 is 49.6 Å². The normalized spacial score (nSPS) is 10.8. The zero-order valence-corrected chi connectivity index (χ0v) is 11.5. The SMILES string of the molecule is Cc1nnc(NC(=O)c2sc3ncccc3c2N)s1. The minimum Gasteiger partial charge on any atom is -0.397 e. The van der Waals surface area contributed by atoms with Gasteiger partial charge in [-0.1, -0.05) is 11.3 Å². The summed E-state index contributed by atoms with van der Waals surface area (Å²) in [6.07, 6.45) is 1.67. The number of nitrogens with one attached hydrogen (secondary N) is 1. The van der Waals surface area contributed by atoms with Gasteiger partial charge in [0.05, 0.1) is 5.69 Å². The van der Waals surface area contributed by atoms with Crippen molar-refractivity contribution in [3.05, 3.63) is 28.2 Å². The molecular formula is C11H9N5OS2. The fourth-order valence-corrected chi connectivity index (χ4v) is 3.17. The van der Waals surface area contributed by atoms with E-state index in [1.807, 2.05) is 13.0 Å². The molecule has 0 aliphatic rings. The van der Waals surface area contributed by atoms with Crippen LogP contribution in [-0.2, 0) is 0 Å². The highest BCUT2D eigenvalue weighted by Gasteiger charge is 2.18. The number of hydrogen-bond acceptors (Lipinski definition) is 7. The van der Waals surface area contributed by atoms with Gasteiger partial charge < -0.3 is 5.73 Å². The lowest BCUT2D eigenvalue weighted by atomic mass is 10.2. The quantitative estimate of drug-likeness (QED) is 0.755. The molecule has 0 radical (unpaired) electrons. The second-order valence-corrected chi connectivity index (χ2v) is 5.96. The molecule has 3 aromatic rings. The van der Waals surface area contributed by atoms with Crippen LogP contribution in [0.15, 0.2) is 18.3 Å². The number of aromatic nitrogens is 3. The standard InChI is InChI=1S/C11H9N5OS2/c1-5-15-16-11(18-5)14-9(17)8-7(12)6-3-2-4-13-10(6)19-8/h2-4H,12H2,1H3,(H,14,16,17). The molecule has 0 fully saturated rings. The third-order valence-electron chi connectivity index (χ3n) is 2.46. The second kappa shape index (κ2) is 4.56. The van der Waals surface area contributed by atoms with Crippen LogP contribution in [0.2, 0.25) is 0 Å². The monoisotopic (exact) mass is 291 g/mol. The van der Waals surface area contributed by atoms with Crippen molar-refractivity contribution < 1.29 is 4.79 Å². The summed E-state index contributed by atoms with van der Waals surface area (Å²) in [5.74, 6) is -0.281. The van der Waals surface area contributed by atoms with Gasteiger partial charge in [-0.05, 0) is 19.1 Å². The van der Waals surface area contributed by atoms with Crippen molar-refractivity contribution in [2.24, 2.45) is 0 Å². The number of nitrogens with zero attached hydrogens (tertiary/aromatic N) is 3. The Morgan fingerprint density at radius 3 is 2.89 bits per heavy atom. The van der Waals surface area contributed by atoms with E-state index in [2.05, 4.69) is 20.5 Å². The van der Waals surface area contributed by atoms with Gasteiger partial charge in [0.25, 0.3) is 5.91 Å². The first-order valence-corrected chi connectivity index (χ1v) is 7.03. The minimum atomic E-state index is -0.281. The average Bonchev–Trinajstić information content (AvgIpc) is 2.94. The first-order chi connectivity index (χ1) is 9.15. The number of anilines is 2. The Balaban J connectivity index is 1.95. The van der Waals surface area contributed by atoms with Gasteiger partial charge >= 0.3 is 0 Å². The molecule has 3 heterocycles. The van der Waals surface area contributed by atoms with E-state index in [0.717, 1.165) is 15.2 Å². The highest BCUT2D eigenvalue weighted by Crippen LogP contribution is 2.32. The Kier molecular flexibility index (Phi) is 2.88. The molecule has 3 rings (SSSR count). The number of hydrogen-bond donors (Lipinski definition) is 2. The van der Waals surface area contributed by atoms with Crippen LogP contribution in [0.3, 0.4) is 0 Å². The molecule has 0 saturated heterocycles. The third kappa shape index (κ3) is 2.15. The van der Waals surface area contributed by atoms with Crippen molar-refractivity contribution in [2.45, 2.75) is 6.92 Å². The second-order valence-electron chi connectivity index (χ2n) is 3.78. The lowest BCUT2D eigenvalue weighted by Gasteiger charge is -1.98. The fraction of sp³-hybridized carbons (Fsp3) is 0.0909. The minimum absolute atomic E-state index is 0.281. The van der Waals surface area contributed by atoms with Crippen molar-refractivity contribution in [3.8, 4) is 0 Å². The molecule has 0 atom stereocenters. The van der Waals surface area contributed by atoms with Gasteiger partial charge in [-0.2, -0.15) is 0 Å². The van der Waals surface area contributed by atoms with E-state index in [9.17, 15) is 4.79 Å². The lowest BCUT2D eigenvalue weighted by molar-refractivity contribution is 0.103. The van der Waals surface area contributed by atoms with E-state index in [0.29, 0.717) is 15.7 Å². The van der Waals surface area contributed by atoms with Gasteiger partial charge in [-0.15, -0.1) is 21.5 Å². The van der Waals surface area contributed by atoms with Gasteiger partial charge in [0.2, 0.25) is 5.13 Å². The molecule has 3 aromatic heterocycles. The molecule has 8 heteroatoms. The molecule has 0 bridgehead atoms. The van der Waals surface area contributed by atoms with Crippen LogP contribution < -0.4 is 11.1 Å². The molecule has 96 valence electrons. The molecule has 0 spiro atoms. The Morgan fingerprint density at radius 1 is 1.37 bits per heavy atom. The summed E-state index contributed by atoms with van der Waals surface area (Å²) in [5.41, 5.74) is 6.43. The number of thiophene rings is 1. The molecule has 0 aliphatic heterocycles. The van der Waals surface area contributed by atoms with Gasteiger partial charge in [0.1, 0.15) is 14.7 Å². The molecule has 3 N–H and O–H groups in total. The third-order valence-corrected chi connectivity index (χ3v) is 4.34. The van der Waals surface area contributed by atoms with Crippen LogP contribution in [0.25, 0.3) is 10.2 Å². The van der Waals surface area contributed by atoms with Gasteiger partial charge in [0, 0.05) is 11.6 Å². The number of rotatable bonds is 2. The molecular weight excluding hydrogens is 282 g/mol. The number of pyridine rings is 1. The van der Waals surface area contributed by atoms with Crippen LogP contribution in [-0.4, -0.2) is 21.1 Å². The maximum Gasteiger partial charge on any atom is 0.269 e. The van der Waals surface area contributed by atoms with Crippen LogP contribution in [0.4, 0.5) is 10.8 Å². The van der Waals surface area contributed by atoms with E-state index < -0.39 is 0 Å². The summed E-state index contributed by atoms with van der Waals surface area (Å²) in [5, 5.41) is 12.4. The van der Waals surface area contributed by atoms with E-state index in [4.69, 9.17) is 5.73 Å². The number of fused-ring (bicyclic) bond motifs is 1. The molecule has 6 nitrogen and oxygen atoms in total. The Morgan fingerprint density at radius 2 is 2.21 bits per heavy atom. The van der Waals surface area contributed by atoms with Crippen LogP contribution >= 0.6 is 22.7 Å². The highest BCUT2D eigenvalue weighted by molar-refractivity contribution is 7.21. The molecule has 0 unspecified atom stereocenters. The average molecular weight is 291 g/mol. The molecule has 0 aliphatic carbocycles. The van der Waals surface area contributed by atoms with E-state index in [1.54, 1.807) is 12.3 Å². The summed E-state index contributed by atoms with van der Waals surface area (Å²) in [4.78, 5) is 17.5. The smallest absolute Gasteiger partial charge is 0.269 e. The van der Waals surface area contributed by atoms with Gasteiger partial charge in [0.15, 0.2) is 0 Å². The molecule has 0 saturated carbocycles. The predicted molar refractivity (Wildman–Crippen MR) is 76.6 cm³/mol. The molecule has 19 heavy (non-hydrogen) atoms. The topological polar surface area (TPSA) is 93.8 Å². The summed E-state index contributed by atoms with van der Waals surface area (Å²) < 4.78 is 0. The lowest BCUT2D eigenvalue weighted by Crippen LogP contribution is -2.11. The van der Waals surface area contributed by atoms with Crippen LogP contribution in [0.5, 0.6) is 0 Å². The van der Waals surface area contributed by atoms with Crippen LogP contribution in [0.1, 0.15) is 14.7 Å². The first kappa shape index (κ1) is 12.0. The Hall–Kier alpha value is -2.06. The molecule has 1 amide bonds. The zero-order chi connectivity index (χ0) is 13.4. The summed E-state index contributed by atoms with van der Waals surface area (Å²) in [7, 11) is 0. The number of carbonyl (C=O) groups is 1. The zero-order valence-electron chi connectivity index (χ0n) is 9.88. The van der Waals surface area contributed by atoms with Crippen molar-refractivity contribution in [1.29, 1.82) is 0 Å². The van der Waals surface area contributed by atoms with E-state index >= 15 is 0 Å². The highest BCUT2D eigenvalue weighted by atomic mass is 32.1. The van der Waals surface area contributed by atoms with Crippen molar-refractivity contribution in [1.82, 2.24) is 15.2 Å². The maximum absolute atomic E-state index is 12.1.